The van der Waals surface area contributed by atoms with Crippen molar-refractivity contribution in [2.75, 3.05) is 13.1 Å². The van der Waals surface area contributed by atoms with Crippen molar-refractivity contribution in [3.63, 3.8) is 0 Å². The van der Waals surface area contributed by atoms with Crippen LogP contribution in [-0.4, -0.2) is 43.4 Å². The lowest BCUT2D eigenvalue weighted by molar-refractivity contribution is -0.137. The Hall–Kier alpha value is -1.81. The Morgan fingerprint density at radius 2 is 1.73 bits per heavy atom. The number of carbonyl (C=O) groups excluding carboxylic acids is 1. The maximum atomic E-state index is 13.1. The van der Waals surface area contributed by atoms with E-state index in [4.69, 9.17) is 0 Å². The molecule has 6 nitrogen and oxygen atoms in total. The van der Waals surface area contributed by atoms with Crippen molar-refractivity contribution >= 4 is 16.1 Å². The minimum absolute atomic E-state index is 0.135. The van der Waals surface area contributed by atoms with Gasteiger partial charge in [0.15, 0.2) is 0 Å². The Balaban J connectivity index is 1.23. The fraction of sp³-hybridized carbons (Fsp3) is 0.696. The van der Waals surface area contributed by atoms with E-state index in [1.54, 1.807) is 0 Å². The Bertz CT molecular complexity index is 992. The molecule has 1 aromatic carbocycles. The zero-order chi connectivity index (χ0) is 23.4. The number of hydrogen-bond donors (Lipinski definition) is 2. The minimum Gasteiger partial charge on any atom is -0.337 e. The van der Waals surface area contributed by atoms with Crippen molar-refractivity contribution in [1.82, 2.24) is 14.9 Å². The molecule has 0 aromatic heterocycles. The first-order valence-corrected chi connectivity index (χ1v) is 13.2. The molecule has 5 aliphatic rings. The summed E-state index contributed by atoms with van der Waals surface area (Å²) >= 11 is 0. The highest BCUT2D eigenvalue weighted by atomic mass is 32.2. The summed E-state index contributed by atoms with van der Waals surface area (Å²) in [6.45, 7) is 0.359. The predicted molar refractivity (Wildman–Crippen MR) is 116 cm³/mol. The van der Waals surface area contributed by atoms with Crippen LogP contribution in [0, 0.1) is 17.8 Å². The van der Waals surface area contributed by atoms with E-state index >= 15 is 0 Å². The van der Waals surface area contributed by atoms with Crippen molar-refractivity contribution in [3.05, 3.63) is 29.8 Å². The molecule has 5 fully saturated rings. The summed E-state index contributed by atoms with van der Waals surface area (Å²) in [5.41, 5.74) is -1.13. The maximum absolute atomic E-state index is 13.1. The number of nitrogens with one attached hydrogen (secondary N) is 2. The topological polar surface area (TPSA) is 78.5 Å². The molecule has 6 rings (SSSR count). The molecule has 0 spiro atoms. The number of amides is 2. The largest absolute Gasteiger partial charge is 0.416 e. The van der Waals surface area contributed by atoms with E-state index in [9.17, 15) is 26.4 Å². The highest BCUT2D eigenvalue weighted by molar-refractivity contribution is 7.89. The Labute approximate surface area is 192 Å². The molecule has 1 aromatic rings. The van der Waals surface area contributed by atoms with Gasteiger partial charge in [-0.15, -0.1) is 0 Å². The van der Waals surface area contributed by atoms with Gasteiger partial charge >= 0.3 is 12.2 Å². The third-order valence-electron chi connectivity index (χ3n) is 8.01. The maximum Gasteiger partial charge on any atom is 0.416 e. The lowest BCUT2D eigenvalue weighted by Gasteiger charge is -2.56. The van der Waals surface area contributed by atoms with Crippen molar-refractivity contribution in [1.29, 1.82) is 0 Å². The standard InChI is InChI=1S/C23H30F3N3O3S/c24-23(25,26)18-3-1-5-20(10-18)33(31,32)29-6-2-4-19(29)14-27-21(30)28-22-11-15-7-16(12-22)9-17(8-15)13-22/h1,3,5,10,15-17,19H,2,4,6-9,11-14H2,(H2,27,28,30)/t15-,16+,17?,19?,22?. The van der Waals surface area contributed by atoms with Crippen LogP contribution in [0.5, 0.6) is 0 Å². The molecule has 182 valence electrons. The number of rotatable bonds is 5. The van der Waals surface area contributed by atoms with E-state index in [1.807, 2.05) is 0 Å². The molecule has 10 heteroatoms. The number of sulfonamides is 1. The van der Waals surface area contributed by atoms with Crippen LogP contribution >= 0.6 is 0 Å². The van der Waals surface area contributed by atoms with Gasteiger partial charge in [-0.3, -0.25) is 0 Å². The zero-order valence-electron chi connectivity index (χ0n) is 18.4. The van der Waals surface area contributed by atoms with Crippen molar-refractivity contribution in [2.24, 2.45) is 17.8 Å². The van der Waals surface area contributed by atoms with Gasteiger partial charge in [0.2, 0.25) is 10.0 Å². The van der Waals surface area contributed by atoms with Crippen LogP contribution in [0.2, 0.25) is 0 Å². The summed E-state index contributed by atoms with van der Waals surface area (Å²) in [4.78, 5) is 12.4. The van der Waals surface area contributed by atoms with E-state index in [1.165, 1.54) is 29.6 Å². The van der Waals surface area contributed by atoms with Gasteiger partial charge in [0.25, 0.3) is 0 Å². The van der Waals surface area contributed by atoms with Gasteiger partial charge in [0.1, 0.15) is 0 Å². The summed E-state index contributed by atoms with van der Waals surface area (Å²) in [5.74, 6) is 2.08. The first-order chi connectivity index (χ1) is 15.5. The average Bonchev–Trinajstić information content (AvgIpc) is 3.20. The van der Waals surface area contributed by atoms with Crippen LogP contribution in [-0.2, 0) is 16.2 Å². The molecule has 1 unspecified atom stereocenters. The van der Waals surface area contributed by atoms with Crippen LogP contribution in [0.25, 0.3) is 0 Å². The van der Waals surface area contributed by atoms with Gasteiger partial charge in [-0.1, -0.05) is 6.07 Å². The normalized spacial score (nSPS) is 33.9. The summed E-state index contributed by atoms with van der Waals surface area (Å²) in [6, 6.07) is 3.08. The number of urea groups is 1. The minimum atomic E-state index is -4.62. The summed E-state index contributed by atoms with van der Waals surface area (Å²) in [7, 11) is -4.10. The highest BCUT2D eigenvalue weighted by Gasteiger charge is 2.51. The summed E-state index contributed by atoms with van der Waals surface area (Å²) in [5, 5.41) is 6.07. The second kappa shape index (κ2) is 8.15. The second-order valence-corrected chi connectivity index (χ2v) is 12.4. The quantitative estimate of drug-likeness (QED) is 0.659. The Morgan fingerprint density at radius 1 is 1.09 bits per heavy atom. The van der Waals surface area contributed by atoms with E-state index < -0.39 is 27.8 Å². The SMILES string of the molecule is O=C(NCC1CCCN1S(=O)(=O)c1cccc(C(F)(F)F)c1)NC12CC3C[C@H](C1)C[C@@H](C3)C2. The first-order valence-electron chi connectivity index (χ1n) is 11.8. The first kappa shape index (κ1) is 23.0. The molecule has 4 saturated carbocycles. The van der Waals surface area contributed by atoms with Gasteiger partial charge in [-0.05, 0) is 87.3 Å². The molecule has 1 atom stereocenters. The number of halogens is 3. The monoisotopic (exact) mass is 485 g/mol. The highest BCUT2D eigenvalue weighted by Crippen LogP contribution is 2.55. The molecule has 1 aliphatic heterocycles. The Kier molecular flexibility index (Phi) is 5.67. The van der Waals surface area contributed by atoms with Gasteiger partial charge in [-0.25, -0.2) is 13.2 Å². The van der Waals surface area contributed by atoms with Gasteiger partial charge < -0.3 is 10.6 Å². The third-order valence-corrected chi connectivity index (χ3v) is 9.95. The number of hydrogen-bond acceptors (Lipinski definition) is 3. The lowest BCUT2D eigenvalue weighted by Crippen LogP contribution is -2.62. The molecule has 1 heterocycles. The van der Waals surface area contributed by atoms with Gasteiger partial charge in [0.05, 0.1) is 10.5 Å². The molecule has 1 saturated heterocycles. The van der Waals surface area contributed by atoms with Crippen molar-refractivity contribution < 1.29 is 26.4 Å². The fourth-order valence-electron chi connectivity index (χ4n) is 7.06. The van der Waals surface area contributed by atoms with E-state index in [0.29, 0.717) is 36.7 Å². The zero-order valence-corrected chi connectivity index (χ0v) is 19.2. The van der Waals surface area contributed by atoms with Gasteiger partial charge in [0, 0.05) is 24.7 Å². The molecule has 33 heavy (non-hydrogen) atoms. The van der Waals surface area contributed by atoms with Crippen LogP contribution in [0.1, 0.15) is 56.9 Å². The van der Waals surface area contributed by atoms with Crippen LogP contribution in [0.15, 0.2) is 29.2 Å². The molecule has 2 amide bonds. The number of carbonyl (C=O) groups is 1. The molecule has 4 aliphatic carbocycles. The average molecular weight is 486 g/mol. The van der Waals surface area contributed by atoms with Crippen LogP contribution < -0.4 is 10.6 Å². The van der Waals surface area contributed by atoms with Crippen molar-refractivity contribution in [2.45, 2.75) is 74.0 Å². The van der Waals surface area contributed by atoms with Gasteiger partial charge in [-0.2, -0.15) is 17.5 Å². The second-order valence-electron chi connectivity index (χ2n) is 10.5. The predicted octanol–water partition coefficient (Wildman–Crippen LogP) is 4.13. The lowest BCUT2D eigenvalue weighted by atomic mass is 9.53. The Morgan fingerprint density at radius 3 is 2.33 bits per heavy atom. The smallest absolute Gasteiger partial charge is 0.337 e. The van der Waals surface area contributed by atoms with Crippen molar-refractivity contribution in [3.8, 4) is 0 Å². The molecular formula is C23H30F3N3O3S. The van der Waals surface area contributed by atoms with Crippen LogP contribution in [0.4, 0.5) is 18.0 Å². The third kappa shape index (κ3) is 4.48. The fourth-order valence-corrected chi connectivity index (χ4v) is 8.80. The molecular weight excluding hydrogens is 455 g/mol. The molecule has 4 bridgehead atoms. The van der Waals surface area contributed by atoms with E-state index in [2.05, 4.69) is 10.6 Å². The summed E-state index contributed by atoms with van der Waals surface area (Å²) < 4.78 is 66.6. The molecule has 0 radical (unpaired) electrons. The summed E-state index contributed by atoms with van der Waals surface area (Å²) in [6.07, 6.45) is 3.40. The van der Waals surface area contributed by atoms with E-state index in [0.717, 1.165) is 31.4 Å². The number of benzene rings is 1. The van der Waals surface area contributed by atoms with Crippen LogP contribution in [0.3, 0.4) is 0 Å². The molecule has 2 N–H and O–H groups in total. The number of alkyl halides is 3. The number of nitrogens with zero attached hydrogens (tertiary/aromatic N) is 1. The van der Waals surface area contributed by atoms with E-state index in [-0.39, 0.29) is 29.6 Å².